The van der Waals surface area contributed by atoms with Gasteiger partial charge in [-0.25, -0.2) is 0 Å². The summed E-state index contributed by atoms with van der Waals surface area (Å²) in [4.78, 5) is 2.32. The van der Waals surface area contributed by atoms with Gasteiger partial charge in [-0.1, -0.05) is 35.0 Å². The molecule has 0 atom stereocenters. The zero-order valence-electron chi connectivity index (χ0n) is 8.41. The molecule has 0 aromatic heterocycles. The summed E-state index contributed by atoms with van der Waals surface area (Å²) < 4.78 is 0. The van der Waals surface area contributed by atoms with Crippen molar-refractivity contribution in [3.63, 3.8) is 0 Å². The lowest BCUT2D eigenvalue weighted by atomic mass is 10.2. The Kier molecular flexibility index (Phi) is 4.98. The van der Waals surface area contributed by atoms with Gasteiger partial charge >= 0.3 is 0 Å². The van der Waals surface area contributed by atoms with Crippen molar-refractivity contribution in [1.82, 2.24) is 4.90 Å². The molecule has 0 spiro atoms. The Bertz CT molecular complexity index is 278. The van der Waals surface area contributed by atoms with Crippen LogP contribution in [-0.4, -0.2) is 28.4 Å². The number of alkyl halides is 1. The Labute approximate surface area is 93.7 Å². The normalized spacial score (nSPS) is 10.8. The van der Waals surface area contributed by atoms with Crippen molar-refractivity contribution in [2.24, 2.45) is 0 Å². The predicted molar refractivity (Wildman–Crippen MR) is 62.9 cm³/mol. The van der Waals surface area contributed by atoms with Crippen LogP contribution in [0.2, 0.25) is 0 Å². The molecule has 0 amide bonds. The Morgan fingerprint density at radius 3 is 2.79 bits per heavy atom. The first-order valence-electron chi connectivity index (χ1n) is 4.82. The summed E-state index contributed by atoms with van der Waals surface area (Å²) in [5.74, 6) is 0.345. The molecule has 3 heteroatoms. The topological polar surface area (TPSA) is 23.5 Å². The quantitative estimate of drug-likeness (QED) is 0.820. The molecule has 78 valence electrons. The minimum absolute atomic E-state index is 0.345. The zero-order valence-corrected chi connectivity index (χ0v) is 10.00. The standard InChI is InChI=1S/C11H16BrNO/c1-2-13(7-6-12)9-10-4-3-5-11(14)8-10/h3-5,8,14H,2,6-7,9H2,1H3. The van der Waals surface area contributed by atoms with Gasteiger partial charge in [0.25, 0.3) is 0 Å². The summed E-state index contributed by atoms with van der Waals surface area (Å²) in [5, 5.41) is 10.3. The van der Waals surface area contributed by atoms with Crippen LogP contribution in [0.3, 0.4) is 0 Å². The number of aromatic hydroxyl groups is 1. The molecule has 1 N–H and O–H groups in total. The molecule has 0 unspecified atom stereocenters. The molecule has 0 aliphatic rings. The molecule has 1 rings (SSSR count). The summed E-state index contributed by atoms with van der Waals surface area (Å²) in [6, 6.07) is 7.43. The largest absolute Gasteiger partial charge is 0.508 e. The summed E-state index contributed by atoms with van der Waals surface area (Å²) in [5.41, 5.74) is 1.16. The second-order valence-electron chi connectivity index (χ2n) is 3.23. The van der Waals surface area contributed by atoms with E-state index in [1.54, 1.807) is 6.07 Å². The van der Waals surface area contributed by atoms with Crippen molar-refractivity contribution in [3.8, 4) is 5.75 Å². The van der Waals surface area contributed by atoms with E-state index in [2.05, 4.69) is 27.8 Å². The summed E-state index contributed by atoms with van der Waals surface area (Å²) in [6.07, 6.45) is 0. The van der Waals surface area contributed by atoms with Crippen LogP contribution >= 0.6 is 15.9 Å². The van der Waals surface area contributed by atoms with E-state index in [-0.39, 0.29) is 0 Å². The number of phenolic OH excluding ortho intramolecular Hbond substituents is 1. The van der Waals surface area contributed by atoms with Crippen LogP contribution in [-0.2, 0) is 6.54 Å². The molecule has 0 aliphatic heterocycles. The number of benzene rings is 1. The number of halogens is 1. The summed E-state index contributed by atoms with van der Waals surface area (Å²) >= 11 is 3.43. The average Bonchev–Trinajstić information content (AvgIpc) is 2.17. The van der Waals surface area contributed by atoms with Crippen molar-refractivity contribution in [2.45, 2.75) is 13.5 Å². The van der Waals surface area contributed by atoms with Gasteiger partial charge < -0.3 is 5.11 Å². The van der Waals surface area contributed by atoms with E-state index in [9.17, 15) is 5.11 Å². The molecule has 0 heterocycles. The molecule has 0 saturated heterocycles. The Hall–Kier alpha value is -0.540. The van der Waals surface area contributed by atoms with Crippen LogP contribution < -0.4 is 0 Å². The molecule has 1 aromatic carbocycles. The zero-order chi connectivity index (χ0) is 10.4. The third-order valence-corrected chi connectivity index (χ3v) is 2.52. The van der Waals surface area contributed by atoms with E-state index >= 15 is 0 Å². The number of hydrogen-bond acceptors (Lipinski definition) is 2. The lowest BCUT2D eigenvalue weighted by Crippen LogP contribution is -2.24. The summed E-state index contributed by atoms with van der Waals surface area (Å²) in [6.45, 7) is 5.11. The van der Waals surface area contributed by atoms with Crippen LogP contribution in [0.25, 0.3) is 0 Å². The maximum Gasteiger partial charge on any atom is 0.115 e. The van der Waals surface area contributed by atoms with Crippen molar-refractivity contribution in [2.75, 3.05) is 18.4 Å². The molecular formula is C11H16BrNO. The molecule has 0 aliphatic carbocycles. The highest BCUT2D eigenvalue weighted by atomic mass is 79.9. The fourth-order valence-corrected chi connectivity index (χ4v) is 1.88. The molecule has 0 bridgehead atoms. The predicted octanol–water partition coefficient (Wildman–Crippen LogP) is 2.61. The SMILES string of the molecule is CCN(CCBr)Cc1cccc(O)c1. The number of rotatable bonds is 5. The minimum atomic E-state index is 0.345. The van der Waals surface area contributed by atoms with E-state index in [0.29, 0.717) is 5.75 Å². The van der Waals surface area contributed by atoms with Gasteiger partial charge in [-0.05, 0) is 24.2 Å². The highest BCUT2D eigenvalue weighted by Crippen LogP contribution is 2.12. The number of nitrogens with zero attached hydrogens (tertiary/aromatic N) is 1. The monoisotopic (exact) mass is 257 g/mol. The summed E-state index contributed by atoms with van der Waals surface area (Å²) in [7, 11) is 0. The Morgan fingerprint density at radius 1 is 1.43 bits per heavy atom. The molecule has 0 radical (unpaired) electrons. The van der Waals surface area contributed by atoms with E-state index < -0.39 is 0 Å². The van der Waals surface area contributed by atoms with E-state index in [4.69, 9.17) is 0 Å². The fraction of sp³-hybridized carbons (Fsp3) is 0.455. The van der Waals surface area contributed by atoms with Crippen LogP contribution in [0.1, 0.15) is 12.5 Å². The van der Waals surface area contributed by atoms with Gasteiger partial charge in [0.05, 0.1) is 0 Å². The van der Waals surface area contributed by atoms with Gasteiger partial charge in [0.15, 0.2) is 0 Å². The number of hydrogen-bond donors (Lipinski definition) is 1. The Balaban J connectivity index is 2.57. The second-order valence-corrected chi connectivity index (χ2v) is 4.02. The van der Waals surface area contributed by atoms with Crippen LogP contribution in [0.15, 0.2) is 24.3 Å². The van der Waals surface area contributed by atoms with Gasteiger partial charge in [-0.3, -0.25) is 4.90 Å². The first-order valence-corrected chi connectivity index (χ1v) is 5.94. The van der Waals surface area contributed by atoms with Crippen LogP contribution in [0.4, 0.5) is 0 Å². The molecule has 2 nitrogen and oxygen atoms in total. The van der Waals surface area contributed by atoms with Crippen molar-refractivity contribution in [1.29, 1.82) is 0 Å². The maximum atomic E-state index is 9.30. The van der Waals surface area contributed by atoms with Gasteiger partial charge in [0.2, 0.25) is 0 Å². The maximum absolute atomic E-state index is 9.30. The molecule has 0 fully saturated rings. The first kappa shape index (κ1) is 11.5. The fourth-order valence-electron chi connectivity index (χ4n) is 1.38. The third kappa shape index (κ3) is 3.68. The smallest absolute Gasteiger partial charge is 0.115 e. The number of phenols is 1. The lowest BCUT2D eigenvalue weighted by molar-refractivity contribution is 0.298. The highest BCUT2D eigenvalue weighted by Gasteiger charge is 2.02. The third-order valence-electron chi connectivity index (χ3n) is 2.16. The molecule has 1 aromatic rings. The Morgan fingerprint density at radius 2 is 2.21 bits per heavy atom. The first-order chi connectivity index (χ1) is 6.76. The highest BCUT2D eigenvalue weighted by molar-refractivity contribution is 9.09. The van der Waals surface area contributed by atoms with Crippen molar-refractivity contribution >= 4 is 15.9 Å². The van der Waals surface area contributed by atoms with Gasteiger partial charge in [0, 0.05) is 18.4 Å². The van der Waals surface area contributed by atoms with Crippen LogP contribution in [0.5, 0.6) is 5.75 Å². The lowest BCUT2D eigenvalue weighted by Gasteiger charge is -2.18. The van der Waals surface area contributed by atoms with Gasteiger partial charge in [-0.2, -0.15) is 0 Å². The van der Waals surface area contributed by atoms with E-state index in [1.807, 2.05) is 18.2 Å². The molecular weight excluding hydrogens is 242 g/mol. The van der Waals surface area contributed by atoms with E-state index in [1.165, 1.54) is 0 Å². The molecule has 0 saturated carbocycles. The molecule has 14 heavy (non-hydrogen) atoms. The van der Waals surface area contributed by atoms with Crippen LogP contribution in [0, 0.1) is 0 Å². The van der Waals surface area contributed by atoms with Crippen molar-refractivity contribution < 1.29 is 5.11 Å². The van der Waals surface area contributed by atoms with Gasteiger partial charge in [0.1, 0.15) is 5.75 Å². The average molecular weight is 258 g/mol. The van der Waals surface area contributed by atoms with Crippen molar-refractivity contribution in [3.05, 3.63) is 29.8 Å². The van der Waals surface area contributed by atoms with Gasteiger partial charge in [-0.15, -0.1) is 0 Å². The van der Waals surface area contributed by atoms with E-state index in [0.717, 1.165) is 30.5 Å². The second kappa shape index (κ2) is 6.04. The minimum Gasteiger partial charge on any atom is -0.508 e.